The van der Waals surface area contributed by atoms with Crippen LogP contribution < -0.4 is 0 Å². The van der Waals surface area contributed by atoms with E-state index >= 15 is 0 Å². The predicted octanol–water partition coefficient (Wildman–Crippen LogP) is 2.43. The lowest BCUT2D eigenvalue weighted by Gasteiger charge is -1.89. The van der Waals surface area contributed by atoms with Crippen LogP contribution in [0.25, 0.3) is 0 Å². The van der Waals surface area contributed by atoms with Crippen LogP contribution in [0, 0.1) is 0 Å². The highest BCUT2D eigenvalue weighted by molar-refractivity contribution is 9.10. The third-order valence-corrected chi connectivity index (χ3v) is 3.32. The molecule has 0 amide bonds. The van der Waals surface area contributed by atoms with Crippen molar-refractivity contribution in [2.75, 3.05) is 0 Å². The molecular weight excluding hydrogens is 324 g/mol. The van der Waals surface area contributed by atoms with Crippen molar-refractivity contribution in [3.63, 3.8) is 0 Å². The minimum atomic E-state index is -0.907. The molecule has 0 saturated heterocycles. The van der Waals surface area contributed by atoms with Crippen LogP contribution in [-0.2, 0) is 26.9 Å². The molecule has 0 bridgehead atoms. The number of carbonyl (C=O) groups is 1. The summed E-state index contributed by atoms with van der Waals surface area (Å²) in [6.07, 6.45) is 5.11. The standard InChI is InChI=1S/C7H10N2O2.C6H9BrN2/c1-3-6-5(7(10)11)4-9(2)8-6;1-3-6-5(7)4-9(2)8-6/h4H,3H2,1-2H3,(H,10,11);4H,3H2,1-2H3. The smallest absolute Gasteiger partial charge is 0.339 e. The Balaban J connectivity index is 0.000000204. The maximum absolute atomic E-state index is 10.5. The number of aromatic carboxylic acids is 1. The molecule has 0 aromatic carbocycles. The van der Waals surface area contributed by atoms with Crippen molar-refractivity contribution in [3.05, 3.63) is 33.8 Å². The maximum atomic E-state index is 10.5. The summed E-state index contributed by atoms with van der Waals surface area (Å²) in [5, 5.41) is 16.8. The van der Waals surface area contributed by atoms with Gasteiger partial charge in [-0.3, -0.25) is 9.36 Å². The first-order valence-electron chi connectivity index (χ1n) is 6.32. The molecule has 2 rings (SSSR count). The van der Waals surface area contributed by atoms with E-state index in [2.05, 4.69) is 33.1 Å². The summed E-state index contributed by atoms with van der Waals surface area (Å²) >= 11 is 3.39. The van der Waals surface area contributed by atoms with Gasteiger partial charge in [-0.2, -0.15) is 10.2 Å². The average Bonchev–Trinajstić information content (AvgIpc) is 2.92. The number of carboxylic acid groups (broad SMARTS) is 1. The fourth-order valence-electron chi connectivity index (χ4n) is 1.72. The van der Waals surface area contributed by atoms with Crippen molar-refractivity contribution in [3.8, 4) is 0 Å². The molecule has 0 spiro atoms. The lowest BCUT2D eigenvalue weighted by Crippen LogP contribution is -1.98. The first-order chi connectivity index (χ1) is 9.38. The third kappa shape index (κ3) is 4.19. The van der Waals surface area contributed by atoms with E-state index in [9.17, 15) is 4.79 Å². The monoisotopic (exact) mass is 342 g/mol. The van der Waals surface area contributed by atoms with Gasteiger partial charge in [-0.05, 0) is 28.8 Å². The van der Waals surface area contributed by atoms with E-state index in [1.165, 1.54) is 10.9 Å². The van der Waals surface area contributed by atoms with Gasteiger partial charge in [0.05, 0.1) is 15.9 Å². The van der Waals surface area contributed by atoms with Gasteiger partial charge in [0.1, 0.15) is 5.56 Å². The van der Waals surface area contributed by atoms with Gasteiger partial charge < -0.3 is 5.11 Å². The number of aromatic nitrogens is 4. The van der Waals surface area contributed by atoms with Crippen molar-refractivity contribution in [2.45, 2.75) is 26.7 Å². The van der Waals surface area contributed by atoms with E-state index in [0.29, 0.717) is 17.7 Å². The van der Waals surface area contributed by atoms with Gasteiger partial charge in [-0.15, -0.1) is 0 Å². The molecule has 0 saturated carbocycles. The van der Waals surface area contributed by atoms with Gasteiger partial charge in [0.25, 0.3) is 0 Å². The Bertz CT molecular complexity index is 589. The summed E-state index contributed by atoms with van der Waals surface area (Å²) in [5.74, 6) is -0.907. The molecule has 20 heavy (non-hydrogen) atoms. The summed E-state index contributed by atoms with van der Waals surface area (Å²) in [6, 6.07) is 0. The van der Waals surface area contributed by atoms with Gasteiger partial charge in [-0.1, -0.05) is 13.8 Å². The van der Waals surface area contributed by atoms with Crippen LogP contribution in [0.5, 0.6) is 0 Å². The second-order valence-electron chi connectivity index (χ2n) is 4.27. The zero-order valence-electron chi connectivity index (χ0n) is 12.1. The van der Waals surface area contributed by atoms with Crippen LogP contribution in [0.1, 0.15) is 35.6 Å². The third-order valence-electron chi connectivity index (χ3n) is 2.66. The topological polar surface area (TPSA) is 72.9 Å². The minimum absolute atomic E-state index is 0.301. The average molecular weight is 343 g/mol. The molecule has 2 aromatic rings. The molecule has 0 aliphatic carbocycles. The summed E-state index contributed by atoms with van der Waals surface area (Å²) in [5.41, 5.74) is 2.06. The molecule has 0 fully saturated rings. The van der Waals surface area contributed by atoms with Gasteiger partial charge in [0.15, 0.2) is 0 Å². The van der Waals surface area contributed by atoms with E-state index in [4.69, 9.17) is 5.11 Å². The number of aryl methyl sites for hydroxylation is 4. The lowest BCUT2D eigenvalue weighted by atomic mass is 10.2. The van der Waals surface area contributed by atoms with Gasteiger partial charge in [0.2, 0.25) is 0 Å². The van der Waals surface area contributed by atoms with Gasteiger partial charge in [0, 0.05) is 26.5 Å². The van der Waals surface area contributed by atoms with Gasteiger partial charge >= 0.3 is 5.97 Å². The van der Waals surface area contributed by atoms with Crippen LogP contribution >= 0.6 is 15.9 Å². The van der Waals surface area contributed by atoms with E-state index in [1.54, 1.807) is 7.05 Å². The Labute approximate surface area is 126 Å². The van der Waals surface area contributed by atoms with Crippen molar-refractivity contribution in [1.29, 1.82) is 0 Å². The molecule has 0 atom stereocenters. The number of hydrogen-bond donors (Lipinski definition) is 1. The molecule has 0 aliphatic heterocycles. The molecule has 7 heteroatoms. The number of nitrogens with zero attached hydrogens (tertiary/aromatic N) is 4. The predicted molar refractivity (Wildman–Crippen MR) is 79.8 cm³/mol. The minimum Gasteiger partial charge on any atom is -0.478 e. The van der Waals surface area contributed by atoms with E-state index in [0.717, 1.165) is 16.6 Å². The zero-order valence-corrected chi connectivity index (χ0v) is 13.7. The largest absolute Gasteiger partial charge is 0.478 e. The molecule has 0 unspecified atom stereocenters. The Kier molecular flexibility index (Phi) is 5.94. The Hall–Kier alpha value is -1.63. The molecule has 2 aromatic heterocycles. The molecule has 110 valence electrons. The van der Waals surface area contributed by atoms with Crippen LogP contribution in [0.3, 0.4) is 0 Å². The summed E-state index contributed by atoms with van der Waals surface area (Å²) in [7, 11) is 3.63. The maximum Gasteiger partial charge on any atom is 0.339 e. The molecule has 6 nitrogen and oxygen atoms in total. The number of carboxylic acids is 1. The summed E-state index contributed by atoms with van der Waals surface area (Å²) in [6.45, 7) is 3.97. The summed E-state index contributed by atoms with van der Waals surface area (Å²) in [4.78, 5) is 10.5. The van der Waals surface area contributed by atoms with Crippen molar-refractivity contribution >= 4 is 21.9 Å². The first kappa shape index (κ1) is 16.4. The van der Waals surface area contributed by atoms with E-state index < -0.39 is 5.97 Å². The Morgan fingerprint density at radius 2 is 1.65 bits per heavy atom. The zero-order chi connectivity index (χ0) is 15.3. The molecule has 2 heterocycles. The lowest BCUT2D eigenvalue weighted by molar-refractivity contribution is 0.0695. The molecular formula is C13H19BrN4O2. The highest BCUT2D eigenvalue weighted by Gasteiger charge is 2.11. The van der Waals surface area contributed by atoms with Crippen molar-refractivity contribution < 1.29 is 9.90 Å². The van der Waals surface area contributed by atoms with Crippen LogP contribution in [-0.4, -0.2) is 30.6 Å². The second-order valence-corrected chi connectivity index (χ2v) is 5.13. The Morgan fingerprint density at radius 1 is 1.15 bits per heavy atom. The van der Waals surface area contributed by atoms with Crippen LogP contribution in [0.4, 0.5) is 0 Å². The van der Waals surface area contributed by atoms with Crippen molar-refractivity contribution in [1.82, 2.24) is 19.6 Å². The second kappa shape index (κ2) is 7.23. The van der Waals surface area contributed by atoms with E-state index in [-0.39, 0.29) is 0 Å². The highest BCUT2D eigenvalue weighted by Crippen LogP contribution is 2.13. The van der Waals surface area contributed by atoms with Gasteiger partial charge in [-0.25, -0.2) is 4.79 Å². The first-order valence-corrected chi connectivity index (χ1v) is 7.12. The fourth-order valence-corrected chi connectivity index (χ4v) is 2.38. The van der Waals surface area contributed by atoms with Crippen LogP contribution in [0.15, 0.2) is 16.9 Å². The SMILES string of the molecule is CCc1nn(C)cc1Br.CCc1nn(C)cc1C(=O)O. The Morgan fingerprint density at radius 3 is 1.95 bits per heavy atom. The number of hydrogen-bond acceptors (Lipinski definition) is 3. The van der Waals surface area contributed by atoms with Crippen molar-refractivity contribution in [2.24, 2.45) is 14.1 Å². The fraction of sp³-hybridized carbons (Fsp3) is 0.462. The van der Waals surface area contributed by atoms with Crippen LogP contribution in [0.2, 0.25) is 0 Å². The number of rotatable bonds is 3. The summed E-state index contributed by atoms with van der Waals surface area (Å²) < 4.78 is 4.43. The quantitative estimate of drug-likeness (QED) is 0.929. The number of halogens is 1. The molecule has 1 N–H and O–H groups in total. The highest BCUT2D eigenvalue weighted by atomic mass is 79.9. The molecule has 0 radical (unpaired) electrons. The van der Waals surface area contributed by atoms with E-state index in [1.807, 2.05) is 24.9 Å². The normalized spacial score (nSPS) is 10.1. The molecule has 0 aliphatic rings.